The normalized spacial score (nSPS) is 10.8. The van der Waals surface area contributed by atoms with Gasteiger partial charge < -0.3 is 18.8 Å². The Morgan fingerprint density at radius 3 is 1.71 bits per heavy atom. The van der Waals surface area contributed by atoms with Gasteiger partial charge in [0.05, 0.1) is 14.2 Å². The van der Waals surface area contributed by atoms with Gasteiger partial charge in [0.15, 0.2) is 0 Å². The molecule has 0 N–H and O–H groups in total. The van der Waals surface area contributed by atoms with E-state index in [4.69, 9.17) is 13.9 Å². The molecule has 0 bridgehead atoms. The maximum absolute atomic E-state index is 11.1. The Balaban J connectivity index is 1.52. The van der Waals surface area contributed by atoms with E-state index in [1.54, 1.807) is 26.4 Å². The molecule has 5 nitrogen and oxygen atoms in total. The zero-order valence-electron chi connectivity index (χ0n) is 18.9. The van der Waals surface area contributed by atoms with Crippen LogP contribution in [-0.4, -0.2) is 20.5 Å². The van der Waals surface area contributed by atoms with Crippen molar-refractivity contribution in [3.63, 3.8) is 0 Å². The van der Waals surface area contributed by atoms with Gasteiger partial charge >= 0.3 is 0 Å². The zero-order chi connectivity index (χ0) is 23.5. The summed E-state index contributed by atoms with van der Waals surface area (Å²) in [4.78, 5) is 13.2. The van der Waals surface area contributed by atoms with E-state index in [1.165, 1.54) is 0 Å². The van der Waals surface area contributed by atoms with Gasteiger partial charge in [-0.05, 0) is 84.9 Å². The summed E-state index contributed by atoms with van der Waals surface area (Å²) >= 11 is 0. The number of rotatable bonds is 7. The second-order valence-electron chi connectivity index (χ2n) is 7.80. The van der Waals surface area contributed by atoms with Crippen molar-refractivity contribution in [2.45, 2.75) is 0 Å². The van der Waals surface area contributed by atoms with Gasteiger partial charge in [0.1, 0.15) is 29.1 Å². The van der Waals surface area contributed by atoms with Crippen molar-refractivity contribution in [1.82, 2.24) is 0 Å². The zero-order valence-corrected chi connectivity index (χ0v) is 18.9. The standard InChI is InChI=1S/C29H23NO4/c1-32-26-13-9-24(10-14-26)30(25-11-15-27(33-2)16-12-25)23-7-5-21(6-8-23)29-18-22-4-3-20(19-31)17-28(22)34-29/h3-19H,1-2H3. The third kappa shape index (κ3) is 4.11. The summed E-state index contributed by atoms with van der Waals surface area (Å²) in [6.45, 7) is 0. The second-order valence-corrected chi connectivity index (χ2v) is 7.80. The van der Waals surface area contributed by atoms with Gasteiger partial charge in [-0.1, -0.05) is 12.1 Å². The molecule has 0 spiro atoms. The number of anilines is 3. The van der Waals surface area contributed by atoms with Crippen molar-refractivity contribution in [2.24, 2.45) is 0 Å². The molecule has 1 heterocycles. The van der Waals surface area contributed by atoms with Crippen LogP contribution in [0.15, 0.2) is 101 Å². The van der Waals surface area contributed by atoms with Gasteiger partial charge in [-0.15, -0.1) is 0 Å². The summed E-state index contributed by atoms with van der Waals surface area (Å²) < 4.78 is 16.7. The number of carbonyl (C=O) groups is 1. The SMILES string of the molecule is COc1ccc(N(c2ccc(OC)cc2)c2ccc(-c3cc4ccc(C=O)cc4o3)cc2)cc1. The molecule has 34 heavy (non-hydrogen) atoms. The molecule has 0 aliphatic carbocycles. The van der Waals surface area contributed by atoms with E-state index in [0.717, 1.165) is 51.6 Å². The van der Waals surface area contributed by atoms with Crippen LogP contribution in [0, 0.1) is 0 Å². The summed E-state index contributed by atoms with van der Waals surface area (Å²) in [5, 5.41) is 0.961. The number of methoxy groups -OCH3 is 2. The second kappa shape index (κ2) is 9.16. The number of ether oxygens (including phenoxy) is 2. The third-order valence-electron chi connectivity index (χ3n) is 5.75. The van der Waals surface area contributed by atoms with E-state index in [0.29, 0.717) is 11.1 Å². The Hall–Kier alpha value is -4.51. The summed E-state index contributed by atoms with van der Waals surface area (Å²) in [6, 6.07) is 31.5. The minimum Gasteiger partial charge on any atom is -0.497 e. The molecule has 0 aliphatic heterocycles. The first-order valence-electron chi connectivity index (χ1n) is 10.9. The lowest BCUT2D eigenvalue weighted by Crippen LogP contribution is -2.09. The van der Waals surface area contributed by atoms with E-state index < -0.39 is 0 Å². The van der Waals surface area contributed by atoms with Gasteiger partial charge in [0, 0.05) is 33.6 Å². The van der Waals surface area contributed by atoms with Crippen LogP contribution in [-0.2, 0) is 0 Å². The first-order chi connectivity index (χ1) is 16.7. The lowest BCUT2D eigenvalue weighted by Gasteiger charge is -2.26. The first kappa shape index (κ1) is 21.3. The number of furan rings is 1. The molecule has 0 radical (unpaired) electrons. The van der Waals surface area contributed by atoms with Crippen molar-refractivity contribution >= 4 is 34.3 Å². The summed E-state index contributed by atoms with van der Waals surface area (Å²) in [7, 11) is 3.32. The van der Waals surface area contributed by atoms with E-state index in [-0.39, 0.29) is 0 Å². The molecule has 0 atom stereocenters. The quantitative estimate of drug-likeness (QED) is 0.242. The highest BCUT2D eigenvalue weighted by atomic mass is 16.5. The van der Waals surface area contributed by atoms with Gasteiger partial charge in [-0.25, -0.2) is 0 Å². The van der Waals surface area contributed by atoms with Crippen molar-refractivity contribution in [2.75, 3.05) is 19.1 Å². The van der Waals surface area contributed by atoms with Gasteiger partial charge in [0.25, 0.3) is 0 Å². The van der Waals surface area contributed by atoms with E-state index >= 15 is 0 Å². The first-order valence-corrected chi connectivity index (χ1v) is 10.9. The molecule has 0 saturated carbocycles. The van der Waals surface area contributed by atoms with E-state index in [9.17, 15) is 4.79 Å². The average Bonchev–Trinajstić information content (AvgIpc) is 3.33. The number of aldehydes is 1. The number of hydrogen-bond acceptors (Lipinski definition) is 5. The lowest BCUT2D eigenvalue weighted by atomic mass is 10.1. The van der Waals surface area contributed by atoms with Crippen LogP contribution in [0.5, 0.6) is 11.5 Å². The summed E-state index contributed by atoms with van der Waals surface area (Å²) in [5.74, 6) is 2.36. The molecule has 0 aliphatic rings. The third-order valence-corrected chi connectivity index (χ3v) is 5.75. The maximum Gasteiger partial charge on any atom is 0.150 e. The molecule has 0 fully saturated rings. The molecular weight excluding hydrogens is 426 g/mol. The van der Waals surface area contributed by atoms with Crippen molar-refractivity contribution in [3.05, 3.63) is 103 Å². The Bertz CT molecular complexity index is 1370. The van der Waals surface area contributed by atoms with Crippen LogP contribution in [0.2, 0.25) is 0 Å². The van der Waals surface area contributed by atoms with Crippen LogP contribution in [0.3, 0.4) is 0 Å². The van der Waals surface area contributed by atoms with Crippen molar-refractivity contribution in [3.8, 4) is 22.8 Å². The molecule has 168 valence electrons. The molecule has 1 aromatic heterocycles. The molecule has 4 aromatic carbocycles. The summed E-state index contributed by atoms with van der Waals surface area (Å²) in [6.07, 6.45) is 0.823. The van der Waals surface area contributed by atoms with Crippen molar-refractivity contribution < 1.29 is 18.7 Å². The van der Waals surface area contributed by atoms with E-state index in [2.05, 4.69) is 17.0 Å². The predicted molar refractivity (Wildman–Crippen MR) is 135 cm³/mol. The molecular formula is C29H23NO4. The van der Waals surface area contributed by atoms with Gasteiger partial charge in [0.2, 0.25) is 0 Å². The Kier molecular flexibility index (Phi) is 5.75. The van der Waals surface area contributed by atoms with Gasteiger partial charge in [-0.2, -0.15) is 0 Å². The van der Waals surface area contributed by atoms with Crippen LogP contribution in [0.25, 0.3) is 22.3 Å². The fourth-order valence-electron chi connectivity index (χ4n) is 3.95. The molecule has 0 saturated heterocycles. The van der Waals surface area contributed by atoms with Gasteiger partial charge in [-0.3, -0.25) is 4.79 Å². The van der Waals surface area contributed by atoms with Crippen molar-refractivity contribution in [1.29, 1.82) is 0 Å². The number of fused-ring (bicyclic) bond motifs is 1. The fraction of sp³-hybridized carbons (Fsp3) is 0.0690. The number of benzene rings is 4. The molecule has 0 unspecified atom stereocenters. The number of carbonyl (C=O) groups excluding carboxylic acids is 1. The monoisotopic (exact) mass is 449 g/mol. The van der Waals surface area contributed by atoms with E-state index in [1.807, 2.05) is 72.8 Å². The number of nitrogens with zero attached hydrogens (tertiary/aromatic N) is 1. The average molecular weight is 450 g/mol. The summed E-state index contributed by atoms with van der Waals surface area (Å²) in [5.41, 5.74) is 5.25. The van der Waals surface area contributed by atoms with Crippen LogP contribution in [0.1, 0.15) is 10.4 Å². The minimum absolute atomic E-state index is 0.596. The Labute approximate surface area is 197 Å². The smallest absolute Gasteiger partial charge is 0.150 e. The molecule has 0 amide bonds. The number of hydrogen-bond donors (Lipinski definition) is 0. The largest absolute Gasteiger partial charge is 0.497 e. The minimum atomic E-state index is 0.596. The fourth-order valence-corrected chi connectivity index (χ4v) is 3.95. The Morgan fingerprint density at radius 2 is 1.21 bits per heavy atom. The molecule has 5 rings (SSSR count). The van der Waals surface area contributed by atoms with Crippen LogP contribution in [0.4, 0.5) is 17.1 Å². The highest BCUT2D eigenvalue weighted by molar-refractivity contribution is 5.88. The molecule has 5 aromatic rings. The topological polar surface area (TPSA) is 51.9 Å². The molecule has 5 heteroatoms. The van der Waals surface area contributed by atoms with Crippen LogP contribution >= 0.6 is 0 Å². The van der Waals surface area contributed by atoms with Crippen LogP contribution < -0.4 is 14.4 Å². The highest BCUT2D eigenvalue weighted by Gasteiger charge is 2.14. The lowest BCUT2D eigenvalue weighted by molar-refractivity contribution is 0.112. The predicted octanol–water partition coefficient (Wildman–Crippen LogP) is 7.40. The highest BCUT2D eigenvalue weighted by Crippen LogP contribution is 2.37. The Morgan fingerprint density at radius 1 is 0.676 bits per heavy atom. The maximum atomic E-state index is 11.1.